The van der Waals surface area contributed by atoms with Crippen LogP contribution in [0, 0.1) is 5.82 Å². The summed E-state index contributed by atoms with van der Waals surface area (Å²) in [6.07, 6.45) is 2.35. The highest BCUT2D eigenvalue weighted by molar-refractivity contribution is 5.91. The molecule has 0 saturated carbocycles. The lowest BCUT2D eigenvalue weighted by molar-refractivity contribution is 0.0714. The van der Waals surface area contributed by atoms with Gasteiger partial charge in [-0.25, -0.2) is 14.4 Å². The molecule has 158 valence electrons. The third-order valence-electron chi connectivity index (χ3n) is 5.39. The predicted molar refractivity (Wildman–Crippen MR) is 116 cm³/mol. The zero-order chi connectivity index (χ0) is 21.3. The van der Waals surface area contributed by atoms with E-state index >= 15 is 0 Å². The molecule has 0 bridgehead atoms. The Balaban J connectivity index is 1.78. The molecule has 7 heteroatoms. The van der Waals surface area contributed by atoms with Gasteiger partial charge in [0.15, 0.2) is 5.82 Å². The molecule has 1 unspecified atom stereocenters. The molecule has 6 nitrogen and oxygen atoms in total. The lowest BCUT2D eigenvalue weighted by Gasteiger charge is -2.18. The minimum Gasteiger partial charge on any atom is -0.507 e. The van der Waals surface area contributed by atoms with Crippen LogP contribution in [0.5, 0.6) is 5.75 Å². The second kappa shape index (κ2) is 8.16. The quantitative estimate of drug-likeness (QED) is 0.496. The standard InChI is InChI=1S/C23H27FN4O2/c1-23(2,30)9-7-14-3-5-19-17(11-14)21(26-16-8-10-25-13-16)28-22(27-19)18-12-15(24)4-6-20(18)29/h3-6,11-12,16,25,29-30H,7-10,13H2,1-2H3,(H,26,27,28). The number of aromatic hydroxyl groups is 1. The van der Waals surface area contributed by atoms with Gasteiger partial charge < -0.3 is 20.8 Å². The number of nitrogens with one attached hydrogen (secondary N) is 2. The van der Waals surface area contributed by atoms with Gasteiger partial charge in [-0.3, -0.25) is 0 Å². The summed E-state index contributed by atoms with van der Waals surface area (Å²) in [5.41, 5.74) is 1.32. The summed E-state index contributed by atoms with van der Waals surface area (Å²) in [6, 6.07) is 9.93. The van der Waals surface area contributed by atoms with Crippen LogP contribution in [0.3, 0.4) is 0 Å². The number of rotatable bonds is 6. The normalized spacial score (nSPS) is 16.9. The molecule has 4 N–H and O–H groups in total. The van der Waals surface area contributed by atoms with E-state index in [0.29, 0.717) is 17.8 Å². The fourth-order valence-corrected chi connectivity index (χ4v) is 3.67. The predicted octanol–water partition coefficient (Wildman–Crippen LogP) is 3.62. The largest absolute Gasteiger partial charge is 0.507 e. The first-order chi connectivity index (χ1) is 14.3. The molecule has 1 saturated heterocycles. The molecular formula is C23H27FN4O2. The zero-order valence-electron chi connectivity index (χ0n) is 17.2. The molecule has 1 aromatic heterocycles. The van der Waals surface area contributed by atoms with Crippen molar-refractivity contribution in [3.8, 4) is 17.1 Å². The summed E-state index contributed by atoms with van der Waals surface area (Å²) in [6.45, 7) is 5.38. The van der Waals surface area contributed by atoms with Crippen molar-refractivity contribution in [2.24, 2.45) is 0 Å². The Kier molecular flexibility index (Phi) is 5.58. The zero-order valence-corrected chi connectivity index (χ0v) is 17.2. The summed E-state index contributed by atoms with van der Waals surface area (Å²) < 4.78 is 13.8. The van der Waals surface area contributed by atoms with Crippen LogP contribution in [0.15, 0.2) is 36.4 Å². The van der Waals surface area contributed by atoms with E-state index < -0.39 is 11.4 Å². The highest BCUT2D eigenvalue weighted by atomic mass is 19.1. The lowest BCUT2D eigenvalue weighted by Crippen LogP contribution is -2.23. The second-order valence-corrected chi connectivity index (χ2v) is 8.56. The van der Waals surface area contributed by atoms with Crippen LogP contribution in [0.25, 0.3) is 22.3 Å². The van der Waals surface area contributed by atoms with Gasteiger partial charge in [-0.15, -0.1) is 0 Å². The van der Waals surface area contributed by atoms with Gasteiger partial charge in [-0.05, 0) is 75.5 Å². The number of phenolic OH excluding ortho intramolecular Hbond substituents is 1. The van der Waals surface area contributed by atoms with Crippen molar-refractivity contribution < 1.29 is 14.6 Å². The van der Waals surface area contributed by atoms with Gasteiger partial charge in [0, 0.05) is 18.0 Å². The van der Waals surface area contributed by atoms with Crippen molar-refractivity contribution in [3.05, 3.63) is 47.8 Å². The number of hydrogen-bond donors (Lipinski definition) is 4. The molecule has 0 amide bonds. The van der Waals surface area contributed by atoms with Gasteiger partial charge in [0.1, 0.15) is 17.4 Å². The number of halogens is 1. The van der Waals surface area contributed by atoms with Crippen LogP contribution >= 0.6 is 0 Å². The Morgan fingerprint density at radius 2 is 2.03 bits per heavy atom. The van der Waals surface area contributed by atoms with Gasteiger partial charge >= 0.3 is 0 Å². The number of anilines is 1. The molecule has 3 aromatic rings. The van der Waals surface area contributed by atoms with Gasteiger partial charge in [-0.1, -0.05) is 6.07 Å². The number of fused-ring (bicyclic) bond motifs is 1. The van der Waals surface area contributed by atoms with Crippen molar-refractivity contribution in [1.29, 1.82) is 0 Å². The number of aliphatic hydroxyl groups is 1. The van der Waals surface area contributed by atoms with Gasteiger partial charge in [0.25, 0.3) is 0 Å². The molecule has 4 rings (SSSR count). The third-order valence-corrected chi connectivity index (χ3v) is 5.39. The maximum absolute atomic E-state index is 13.8. The van der Waals surface area contributed by atoms with Crippen molar-refractivity contribution in [2.75, 3.05) is 18.4 Å². The van der Waals surface area contributed by atoms with Crippen molar-refractivity contribution in [1.82, 2.24) is 15.3 Å². The summed E-state index contributed by atoms with van der Waals surface area (Å²) in [5.74, 6) is 0.420. The van der Waals surface area contributed by atoms with E-state index in [9.17, 15) is 14.6 Å². The Morgan fingerprint density at radius 1 is 1.20 bits per heavy atom. The molecule has 2 aromatic carbocycles. The fraction of sp³-hybridized carbons (Fsp3) is 0.391. The highest BCUT2D eigenvalue weighted by Gasteiger charge is 2.19. The number of phenols is 1. The van der Waals surface area contributed by atoms with Gasteiger partial charge in [-0.2, -0.15) is 0 Å². The second-order valence-electron chi connectivity index (χ2n) is 8.56. The Hall–Kier alpha value is -2.77. The maximum Gasteiger partial charge on any atom is 0.165 e. The van der Waals surface area contributed by atoms with Crippen LogP contribution in [0.4, 0.5) is 10.2 Å². The van der Waals surface area contributed by atoms with Gasteiger partial charge in [0.2, 0.25) is 0 Å². The van der Waals surface area contributed by atoms with Crippen LogP contribution in [-0.4, -0.2) is 44.9 Å². The topological polar surface area (TPSA) is 90.3 Å². The Morgan fingerprint density at radius 3 is 2.77 bits per heavy atom. The van der Waals surface area contributed by atoms with E-state index in [0.717, 1.165) is 36.9 Å². The summed E-state index contributed by atoms with van der Waals surface area (Å²) >= 11 is 0. The van der Waals surface area contributed by atoms with Gasteiger partial charge in [0.05, 0.1) is 16.7 Å². The molecule has 0 radical (unpaired) electrons. The Labute approximate surface area is 175 Å². The number of aromatic nitrogens is 2. The van der Waals surface area contributed by atoms with E-state index in [4.69, 9.17) is 0 Å². The molecule has 0 aliphatic carbocycles. The van der Waals surface area contributed by atoms with E-state index in [-0.39, 0.29) is 23.2 Å². The van der Waals surface area contributed by atoms with Crippen molar-refractivity contribution in [3.63, 3.8) is 0 Å². The molecule has 1 aliphatic heterocycles. The summed E-state index contributed by atoms with van der Waals surface area (Å²) in [7, 11) is 0. The lowest BCUT2D eigenvalue weighted by atomic mass is 9.98. The molecule has 0 spiro atoms. The first kappa shape index (κ1) is 20.5. The monoisotopic (exact) mass is 410 g/mol. The van der Waals surface area contributed by atoms with Crippen LogP contribution < -0.4 is 10.6 Å². The SMILES string of the molecule is CC(C)(O)CCc1ccc2nc(-c3cc(F)ccc3O)nc(NC3CCNC3)c2c1. The molecule has 30 heavy (non-hydrogen) atoms. The highest BCUT2D eigenvalue weighted by Crippen LogP contribution is 2.32. The average molecular weight is 410 g/mol. The summed E-state index contributed by atoms with van der Waals surface area (Å²) in [4.78, 5) is 9.25. The van der Waals surface area contributed by atoms with E-state index in [1.807, 2.05) is 18.2 Å². The molecular weight excluding hydrogens is 383 g/mol. The molecule has 1 aliphatic rings. The average Bonchev–Trinajstić information content (AvgIpc) is 3.20. The smallest absolute Gasteiger partial charge is 0.165 e. The first-order valence-electron chi connectivity index (χ1n) is 10.3. The van der Waals surface area contributed by atoms with Crippen LogP contribution in [0.1, 0.15) is 32.3 Å². The Bertz CT molecular complexity index is 1060. The molecule has 1 fully saturated rings. The number of benzene rings is 2. The van der Waals surface area contributed by atoms with Crippen molar-refractivity contribution in [2.45, 2.75) is 44.8 Å². The minimum absolute atomic E-state index is 0.0639. The van der Waals surface area contributed by atoms with E-state index in [2.05, 4.69) is 20.6 Å². The van der Waals surface area contributed by atoms with Crippen LogP contribution in [0.2, 0.25) is 0 Å². The number of hydrogen-bond acceptors (Lipinski definition) is 6. The van der Waals surface area contributed by atoms with E-state index in [1.165, 1.54) is 18.2 Å². The minimum atomic E-state index is -0.735. The van der Waals surface area contributed by atoms with E-state index in [1.54, 1.807) is 13.8 Å². The van der Waals surface area contributed by atoms with Crippen molar-refractivity contribution >= 4 is 16.7 Å². The number of nitrogens with zero attached hydrogens (tertiary/aromatic N) is 2. The fourth-order valence-electron chi connectivity index (χ4n) is 3.67. The summed E-state index contributed by atoms with van der Waals surface area (Å²) in [5, 5.41) is 28.0. The van der Waals surface area contributed by atoms with Crippen LogP contribution in [-0.2, 0) is 6.42 Å². The number of aryl methyl sites for hydroxylation is 1. The first-order valence-corrected chi connectivity index (χ1v) is 10.3. The molecule has 1 atom stereocenters. The third kappa shape index (κ3) is 4.68. The molecule has 2 heterocycles. The maximum atomic E-state index is 13.8.